The van der Waals surface area contributed by atoms with Gasteiger partial charge in [0.05, 0.1) is 112 Å². The van der Waals surface area contributed by atoms with Gasteiger partial charge < -0.3 is 47.7 Å². The summed E-state index contributed by atoms with van der Waals surface area (Å²) in [6.45, 7) is 7.18. The molecular formula is C21H40O12. The zero-order chi connectivity index (χ0) is 24.2. The summed E-state index contributed by atoms with van der Waals surface area (Å²) in [5.41, 5.74) is 0. The first-order chi connectivity index (χ1) is 16.2. The topological polar surface area (TPSA) is 137 Å². The Kier molecular flexibility index (Phi) is 25.7. The molecule has 0 saturated heterocycles. The highest BCUT2D eigenvalue weighted by Gasteiger charge is 2.06. The Labute approximate surface area is 195 Å². The molecule has 0 bridgehead atoms. The zero-order valence-electron chi connectivity index (χ0n) is 19.7. The van der Waals surface area contributed by atoms with Crippen LogP contribution < -0.4 is 0 Å². The van der Waals surface area contributed by atoms with E-state index in [0.29, 0.717) is 92.5 Å². The Morgan fingerprint density at radius 1 is 0.485 bits per heavy atom. The van der Waals surface area contributed by atoms with Crippen LogP contribution >= 0.6 is 0 Å². The van der Waals surface area contributed by atoms with Crippen molar-refractivity contribution in [3.8, 4) is 0 Å². The Hall–Kier alpha value is -1.38. The number of rotatable bonds is 27. The lowest BCUT2D eigenvalue weighted by molar-refractivity contribution is -0.149. The lowest BCUT2D eigenvalue weighted by Gasteiger charge is -2.08. The molecule has 0 aliphatic carbocycles. The highest BCUT2D eigenvalue weighted by Crippen LogP contribution is 1.93. The fraction of sp³-hybridized carbons (Fsp3) is 0.905. The van der Waals surface area contributed by atoms with Gasteiger partial charge in [0.25, 0.3) is 0 Å². The van der Waals surface area contributed by atoms with Gasteiger partial charge >= 0.3 is 11.9 Å². The van der Waals surface area contributed by atoms with Crippen molar-refractivity contribution in [3.63, 3.8) is 0 Å². The van der Waals surface area contributed by atoms with Gasteiger partial charge in [-0.2, -0.15) is 0 Å². The second-order valence-electron chi connectivity index (χ2n) is 6.39. The molecule has 0 aromatic heterocycles. The fourth-order valence-electron chi connectivity index (χ4n) is 2.06. The van der Waals surface area contributed by atoms with Crippen LogP contribution in [-0.2, 0) is 52.2 Å². The van der Waals surface area contributed by atoms with Crippen LogP contribution in [0.5, 0.6) is 0 Å². The summed E-state index contributed by atoms with van der Waals surface area (Å²) in [6, 6.07) is 0. The molecule has 12 nitrogen and oxygen atoms in total. The lowest BCUT2D eigenvalue weighted by Crippen LogP contribution is -2.15. The van der Waals surface area contributed by atoms with Gasteiger partial charge in [-0.15, -0.1) is 0 Å². The molecule has 0 fully saturated rings. The molecule has 0 aliphatic heterocycles. The van der Waals surface area contributed by atoms with Gasteiger partial charge in [0, 0.05) is 7.11 Å². The quantitative estimate of drug-likeness (QED) is 0.126. The average Bonchev–Trinajstić information content (AvgIpc) is 2.80. The van der Waals surface area contributed by atoms with Crippen molar-refractivity contribution in [1.82, 2.24) is 0 Å². The van der Waals surface area contributed by atoms with Gasteiger partial charge in [-0.1, -0.05) is 0 Å². The van der Waals surface area contributed by atoms with E-state index in [-0.39, 0.29) is 26.1 Å². The number of carbonyl (C=O) groups is 2. The molecule has 0 unspecified atom stereocenters. The summed E-state index contributed by atoms with van der Waals surface area (Å²) < 4.78 is 47.1. The van der Waals surface area contributed by atoms with Crippen LogP contribution in [0.25, 0.3) is 0 Å². The maximum absolute atomic E-state index is 11.2. The summed E-state index contributed by atoms with van der Waals surface area (Å²) in [4.78, 5) is 21.5. The lowest BCUT2D eigenvalue weighted by atomic mass is 10.3. The molecule has 0 atom stereocenters. The van der Waals surface area contributed by atoms with Crippen LogP contribution in [-0.4, -0.2) is 130 Å². The van der Waals surface area contributed by atoms with Crippen molar-refractivity contribution >= 4 is 11.9 Å². The second kappa shape index (κ2) is 26.9. The highest BCUT2D eigenvalue weighted by molar-refractivity contribution is 5.76. The van der Waals surface area contributed by atoms with Crippen LogP contribution in [0, 0.1) is 0 Å². The Morgan fingerprint density at radius 2 is 0.788 bits per heavy atom. The van der Waals surface area contributed by atoms with Crippen LogP contribution in [0.1, 0.15) is 12.8 Å². The fourth-order valence-corrected chi connectivity index (χ4v) is 2.06. The number of hydrogen-bond acceptors (Lipinski definition) is 11. The minimum atomic E-state index is -1.03. The molecule has 0 aliphatic rings. The number of hydrogen-bond donors (Lipinski definition) is 1. The third-order valence-corrected chi connectivity index (χ3v) is 3.70. The number of carboxylic acids is 1. The molecule has 0 amide bonds. The molecule has 12 heteroatoms. The predicted molar refractivity (Wildman–Crippen MR) is 115 cm³/mol. The van der Waals surface area contributed by atoms with E-state index in [1.165, 1.54) is 0 Å². The number of esters is 1. The Morgan fingerprint density at radius 3 is 1.09 bits per heavy atom. The van der Waals surface area contributed by atoms with Crippen molar-refractivity contribution in [1.29, 1.82) is 0 Å². The Bertz CT molecular complexity index is 435. The number of carboxylic acid groups (broad SMARTS) is 1. The van der Waals surface area contributed by atoms with Crippen molar-refractivity contribution in [2.75, 3.05) is 113 Å². The van der Waals surface area contributed by atoms with E-state index in [2.05, 4.69) is 0 Å². The largest absolute Gasteiger partial charge is 0.481 e. The first kappa shape index (κ1) is 31.6. The third-order valence-electron chi connectivity index (χ3n) is 3.70. The molecule has 0 rings (SSSR count). The van der Waals surface area contributed by atoms with E-state index < -0.39 is 11.9 Å². The van der Waals surface area contributed by atoms with Crippen LogP contribution in [0.15, 0.2) is 0 Å². The molecule has 0 radical (unpaired) electrons. The number of carbonyl (C=O) groups excluding carboxylic acids is 1. The number of methoxy groups -OCH3 is 1. The first-order valence-corrected chi connectivity index (χ1v) is 11.1. The molecule has 0 saturated carbocycles. The standard InChI is InChI=1S/C21H40O12/c1-25-4-5-26-6-7-27-8-9-28-10-11-29-12-13-30-14-15-31-16-17-32-18-19-33-21(24)3-2-20(22)23/h2-19H2,1H3,(H,22,23). The molecule has 1 N–H and O–H groups in total. The maximum Gasteiger partial charge on any atom is 0.306 e. The van der Waals surface area contributed by atoms with Crippen molar-refractivity contribution < 1.29 is 57.3 Å². The molecule has 0 spiro atoms. The molecule has 0 aromatic rings. The summed E-state index contributed by atoms with van der Waals surface area (Å²) >= 11 is 0. The minimum Gasteiger partial charge on any atom is -0.481 e. The van der Waals surface area contributed by atoms with E-state index >= 15 is 0 Å². The molecule has 33 heavy (non-hydrogen) atoms. The van der Waals surface area contributed by atoms with Crippen molar-refractivity contribution in [3.05, 3.63) is 0 Å². The van der Waals surface area contributed by atoms with Crippen LogP contribution in [0.2, 0.25) is 0 Å². The van der Waals surface area contributed by atoms with Gasteiger partial charge in [0.1, 0.15) is 6.61 Å². The zero-order valence-corrected chi connectivity index (χ0v) is 19.7. The summed E-state index contributed by atoms with van der Waals surface area (Å²) in [5.74, 6) is -1.58. The molecule has 0 aromatic carbocycles. The third kappa shape index (κ3) is 28.6. The SMILES string of the molecule is COCCOCCOCCOCCOCCOCCOCCOCCOC(=O)CCC(=O)O. The minimum absolute atomic E-state index is 0.0888. The molecule has 0 heterocycles. The van der Waals surface area contributed by atoms with E-state index in [4.69, 9.17) is 47.7 Å². The first-order valence-electron chi connectivity index (χ1n) is 11.1. The summed E-state index contributed by atoms with van der Waals surface area (Å²) in [5, 5.41) is 8.45. The average molecular weight is 485 g/mol. The predicted octanol–water partition coefficient (Wildman–Crippen LogP) is 0.157. The van der Waals surface area contributed by atoms with Gasteiger partial charge in [0.2, 0.25) is 0 Å². The van der Waals surface area contributed by atoms with Crippen LogP contribution in [0.3, 0.4) is 0 Å². The molecular weight excluding hydrogens is 444 g/mol. The van der Waals surface area contributed by atoms with E-state index in [9.17, 15) is 9.59 Å². The summed E-state index contributed by atoms with van der Waals surface area (Å²) in [6.07, 6.45) is -0.376. The van der Waals surface area contributed by atoms with E-state index in [1.807, 2.05) is 0 Å². The highest BCUT2D eigenvalue weighted by atomic mass is 16.6. The normalized spacial score (nSPS) is 11.1. The second-order valence-corrected chi connectivity index (χ2v) is 6.39. The number of ether oxygens (including phenoxy) is 9. The van der Waals surface area contributed by atoms with Gasteiger partial charge in [-0.3, -0.25) is 9.59 Å². The molecule has 196 valence electrons. The number of aliphatic carboxylic acids is 1. The Balaban J connectivity index is 3.08. The van der Waals surface area contributed by atoms with Crippen molar-refractivity contribution in [2.24, 2.45) is 0 Å². The maximum atomic E-state index is 11.2. The van der Waals surface area contributed by atoms with Crippen LogP contribution in [0.4, 0.5) is 0 Å². The van der Waals surface area contributed by atoms with Gasteiger partial charge in [-0.25, -0.2) is 0 Å². The van der Waals surface area contributed by atoms with E-state index in [1.54, 1.807) is 7.11 Å². The smallest absolute Gasteiger partial charge is 0.306 e. The van der Waals surface area contributed by atoms with E-state index in [0.717, 1.165) is 0 Å². The van der Waals surface area contributed by atoms with Crippen molar-refractivity contribution in [2.45, 2.75) is 12.8 Å². The van der Waals surface area contributed by atoms with Gasteiger partial charge in [-0.05, 0) is 0 Å². The van der Waals surface area contributed by atoms with Gasteiger partial charge in [0.15, 0.2) is 0 Å². The monoisotopic (exact) mass is 484 g/mol. The summed E-state index contributed by atoms with van der Waals surface area (Å²) in [7, 11) is 1.63.